The Hall–Kier alpha value is -2.43. The van der Waals surface area contributed by atoms with E-state index in [-0.39, 0.29) is 18.3 Å². The van der Waals surface area contributed by atoms with Gasteiger partial charge in [-0.05, 0) is 43.5 Å². The van der Waals surface area contributed by atoms with Crippen LogP contribution in [-0.4, -0.2) is 36.6 Å². The van der Waals surface area contributed by atoms with Gasteiger partial charge >= 0.3 is 0 Å². The Morgan fingerprint density at radius 3 is 2.88 bits per heavy atom. The highest BCUT2D eigenvalue weighted by Crippen LogP contribution is 2.35. The van der Waals surface area contributed by atoms with Crippen molar-refractivity contribution >= 4 is 45.7 Å². The number of carbonyl (C=O) groups is 1. The van der Waals surface area contributed by atoms with Gasteiger partial charge in [0.05, 0.1) is 5.75 Å². The summed E-state index contributed by atoms with van der Waals surface area (Å²) in [5.74, 6) is 1.89. The molecule has 0 bridgehead atoms. The number of aromatic nitrogens is 5. The van der Waals surface area contributed by atoms with Crippen LogP contribution in [0.2, 0.25) is 5.02 Å². The average molecular weight is 519 g/mol. The number of aryl methyl sites for hydroxylation is 1. The van der Waals surface area contributed by atoms with E-state index in [0.717, 1.165) is 29.2 Å². The third-order valence-corrected chi connectivity index (χ3v) is 7.78. The Balaban J connectivity index is 1.33. The second-order valence-electron chi connectivity index (χ2n) is 8.11. The Labute approximate surface area is 212 Å². The molecule has 0 aliphatic heterocycles. The number of rotatable bonds is 10. The molecule has 1 fully saturated rings. The zero-order chi connectivity index (χ0) is 23.9. The SMILES string of the molecule is C=CCn1c(COc2ccc(Cl)cc2C)nnc1SCC(=O)Nc1nnc(C2CCCCC2)s1. The molecule has 0 saturated heterocycles. The summed E-state index contributed by atoms with van der Waals surface area (Å²) in [6, 6.07) is 5.47. The zero-order valence-electron chi connectivity index (χ0n) is 19.0. The van der Waals surface area contributed by atoms with E-state index < -0.39 is 0 Å². The van der Waals surface area contributed by atoms with Crippen LogP contribution in [0, 0.1) is 6.92 Å². The Morgan fingerprint density at radius 1 is 1.29 bits per heavy atom. The molecule has 0 unspecified atom stereocenters. The van der Waals surface area contributed by atoms with E-state index in [1.165, 1.54) is 42.4 Å². The van der Waals surface area contributed by atoms with Gasteiger partial charge in [0, 0.05) is 17.5 Å². The molecule has 1 aromatic carbocycles. The maximum atomic E-state index is 12.5. The number of nitrogens with zero attached hydrogens (tertiary/aromatic N) is 5. The maximum Gasteiger partial charge on any atom is 0.236 e. The predicted octanol–water partition coefficient (Wildman–Crippen LogP) is 5.63. The van der Waals surface area contributed by atoms with E-state index >= 15 is 0 Å². The van der Waals surface area contributed by atoms with Gasteiger partial charge in [0.25, 0.3) is 0 Å². The summed E-state index contributed by atoms with van der Waals surface area (Å²) in [6.45, 7) is 6.50. The molecule has 1 aliphatic rings. The summed E-state index contributed by atoms with van der Waals surface area (Å²) in [5, 5.41) is 22.7. The first-order valence-electron chi connectivity index (χ1n) is 11.2. The number of allylic oxidation sites excluding steroid dienone is 1. The summed E-state index contributed by atoms with van der Waals surface area (Å²) in [6.07, 6.45) is 7.84. The number of anilines is 1. The summed E-state index contributed by atoms with van der Waals surface area (Å²) in [7, 11) is 0. The smallest absolute Gasteiger partial charge is 0.236 e. The molecule has 1 aliphatic carbocycles. The van der Waals surface area contributed by atoms with E-state index in [1.54, 1.807) is 12.1 Å². The quantitative estimate of drug-likeness (QED) is 0.274. The Morgan fingerprint density at radius 2 is 2.12 bits per heavy atom. The number of thioether (sulfide) groups is 1. The summed E-state index contributed by atoms with van der Waals surface area (Å²) in [4.78, 5) is 12.5. The van der Waals surface area contributed by atoms with Gasteiger partial charge < -0.3 is 4.74 Å². The fraction of sp³-hybridized carbons (Fsp3) is 0.435. The van der Waals surface area contributed by atoms with Gasteiger partial charge in [-0.1, -0.05) is 60.0 Å². The molecule has 180 valence electrons. The highest BCUT2D eigenvalue weighted by atomic mass is 35.5. The van der Waals surface area contributed by atoms with Gasteiger partial charge in [-0.3, -0.25) is 14.7 Å². The van der Waals surface area contributed by atoms with Crippen LogP contribution in [0.15, 0.2) is 36.0 Å². The highest BCUT2D eigenvalue weighted by molar-refractivity contribution is 7.99. The molecule has 8 nitrogen and oxygen atoms in total. The molecule has 0 atom stereocenters. The number of halogens is 1. The number of benzene rings is 1. The first-order chi connectivity index (χ1) is 16.5. The number of hydrogen-bond donors (Lipinski definition) is 1. The number of hydrogen-bond acceptors (Lipinski definition) is 8. The lowest BCUT2D eigenvalue weighted by atomic mass is 9.90. The van der Waals surface area contributed by atoms with Gasteiger partial charge in [0.2, 0.25) is 11.0 Å². The molecule has 11 heteroatoms. The van der Waals surface area contributed by atoms with Gasteiger partial charge in [0.15, 0.2) is 11.0 Å². The van der Waals surface area contributed by atoms with Gasteiger partial charge in [-0.2, -0.15) is 0 Å². The van der Waals surface area contributed by atoms with Crippen LogP contribution in [0.25, 0.3) is 0 Å². The molecule has 1 saturated carbocycles. The Kier molecular flexibility index (Phi) is 8.58. The van der Waals surface area contributed by atoms with Crippen molar-refractivity contribution in [3.63, 3.8) is 0 Å². The summed E-state index contributed by atoms with van der Waals surface area (Å²) in [5.41, 5.74) is 0.942. The number of amides is 1. The largest absolute Gasteiger partial charge is 0.485 e. The standard InChI is InChI=1S/C23H27ClN6O2S2/c1-3-11-30-19(13-32-18-10-9-17(24)12-15(18)2)26-29-23(30)33-14-20(31)25-22-28-27-21(34-22)16-7-5-4-6-8-16/h3,9-10,12,16H,1,4-8,11,13-14H2,2H3,(H,25,28,31). The lowest BCUT2D eigenvalue weighted by Crippen LogP contribution is -2.15. The maximum absolute atomic E-state index is 12.5. The third kappa shape index (κ3) is 6.37. The average Bonchev–Trinajstić information content (AvgIpc) is 3.45. The first kappa shape index (κ1) is 24.7. The van der Waals surface area contributed by atoms with Crippen molar-refractivity contribution in [3.8, 4) is 5.75 Å². The molecule has 3 aromatic rings. The molecule has 4 rings (SSSR count). The Bertz CT molecular complexity index is 1140. The molecule has 0 radical (unpaired) electrons. The van der Waals surface area contributed by atoms with Crippen molar-refractivity contribution in [1.82, 2.24) is 25.0 Å². The first-order valence-corrected chi connectivity index (χ1v) is 13.4. The molecular weight excluding hydrogens is 492 g/mol. The van der Waals surface area contributed by atoms with E-state index in [9.17, 15) is 4.79 Å². The van der Waals surface area contributed by atoms with Gasteiger partial charge in [-0.25, -0.2) is 0 Å². The lowest BCUT2D eigenvalue weighted by molar-refractivity contribution is -0.113. The predicted molar refractivity (Wildman–Crippen MR) is 136 cm³/mol. The molecule has 2 aromatic heterocycles. The van der Waals surface area contributed by atoms with Crippen molar-refractivity contribution in [3.05, 3.63) is 52.3 Å². The van der Waals surface area contributed by atoms with Crippen molar-refractivity contribution in [2.24, 2.45) is 0 Å². The van der Waals surface area contributed by atoms with E-state index in [0.29, 0.717) is 33.6 Å². The number of nitrogens with one attached hydrogen (secondary N) is 1. The number of ether oxygens (including phenoxy) is 1. The zero-order valence-corrected chi connectivity index (χ0v) is 21.4. The van der Waals surface area contributed by atoms with Crippen LogP contribution in [0.3, 0.4) is 0 Å². The van der Waals surface area contributed by atoms with Crippen molar-refractivity contribution in [1.29, 1.82) is 0 Å². The molecule has 1 N–H and O–H groups in total. The molecule has 1 amide bonds. The van der Waals surface area contributed by atoms with E-state index in [1.807, 2.05) is 23.6 Å². The monoisotopic (exact) mass is 518 g/mol. The minimum Gasteiger partial charge on any atom is -0.485 e. The summed E-state index contributed by atoms with van der Waals surface area (Å²) >= 11 is 8.80. The van der Waals surface area contributed by atoms with Gasteiger partial charge in [0.1, 0.15) is 17.4 Å². The molecule has 0 spiro atoms. The topological polar surface area (TPSA) is 94.8 Å². The fourth-order valence-electron chi connectivity index (χ4n) is 3.85. The van der Waals surface area contributed by atoms with Crippen molar-refractivity contribution in [2.75, 3.05) is 11.1 Å². The lowest BCUT2D eigenvalue weighted by Gasteiger charge is -2.18. The van der Waals surface area contributed by atoms with Crippen LogP contribution in [0.4, 0.5) is 5.13 Å². The van der Waals surface area contributed by atoms with Crippen LogP contribution >= 0.6 is 34.7 Å². The van der Waals surface area contributed by atoms with E-state index in [2.05, 4.69) is 32.3 Å². The van der Waals surface area contributed by atoms with Crippen molar-refractivity contribution < 1.29 is 9.53 Å². The minimum absolute atomic E-state index is 0.154. The van der Waals surface area contributed by atoms with E-state index in [4.69, 9.17) is 16.3 Å². The highest BCUT2D eigenvalue weighted by Gasteiger charge is 2.20. The molecule has 34 heavy (non-hydrogen) atoms. The minimum atomic E-state index is -0.154. The second kappa shape index (κ2) is 11.8. The van der Waals surface area contributed by atoms with Crippen LogP contribution in [-0.2, 0) is 17.9 Å². The fourth-order valence-corrected chi connectivity index (χ4v) is 5.77. The van der Waals surface area contributed by atoms with Crippen molar-refractivity contribution in [2.45, 2.75) is 63.3 Å². The molecular formula is C23H27ClN6O2S2. The van der Waals surface area contributed by atoms with Crippen LogP contribution < -0.4 is 10.1 Å². The normalized spacial score (nSPS) is 14.2. The van der Waals surface area contributed by atoms with Crippen LogP contribution in [0.5, 0.6) is 5.75 Å². The second-order valence-corrected chi connectivity index (χ2v) is 10.5. The third-order valence-electron chi connectivity index (χ3n) is 5.57. The number of carbonyl (C=O) groups excluding carboxylic acids is 1. The summed E-state index contributed by atoms with van der Waals surface area (Å²) < 4.78 is 7.81. The van der Waals surface area contributed by atoms with Crippen LogP contribution in [0.1, 0.15) is 54.4 Å². The molecule has 2 heterocycles. The van der Waals surface area contributed by atoms with Gasteiger partial charge in [-0.15, -0.1) is 27.0 Å².